The Morgan fingerprint density at radius 1 is 1.17 bits per heavy atom. The van der Waals surface area contributed by atoms with E-state index in [2.05, 4.69) is 5.32 Å². The molecule has 5 heteroatoms. The molecular formula is C19H24N2O3. The molecule has 5 nitrogen and oxygen atoms in total. The van der Waals surface area contributed by atoms with Crippen molar-refractivity contribution in [1.82, 2.24) is 10.2 Å². The van der Waals surface area contributed by atoms with Crippen LogP contribution in [0.2, 0.25) is 0 Å². The van der Waals surface area contributed by atoms with Crippen molar-refractivity contribution >= 4 is 17.7 Å². The number of hydrogen-bond donors (Lipinski definition) is 1. The van der Waals surface area contributed by atoms with Crippen molar-refractivity contribution in [2.75, 3.05) is 0 Å². The fourth-order valence-corrected chi connectivity index (χ4v) is 3.48. The molecule has 1 saturated carbocycles. The van der Waals surface area contributed by atoms with Crippen molar-refractivity contribution in [2.45, 2.75) is 64.5 Å². The molecule has 0 spiro atoms. The molecule has 0 saturated heterocycles. The molecule has 0 bridgehead atoms. The van der Waals surface area contributed by atoms with Gasteiger partial charge in [-0.3, -0.25) is 19.3 Å². The zero-order chi connectivity index (χ0) is 17.3. The van der Waals surface area contributed by atoms with Gasteiger partial charge in [-0.2, -0.15) is 0 Å². The first-order valence-corrected chi connectivity index (χ1v) is 8.85. The SMILES string of the molecule is CCC(C)NC(=O)c1ccc2c(c1)C(=O)N(C1CCCCC1)C2=O. The topological polar surface area (TPSA) is 66.5 Å². The Bertz CT molecular complexity index is 677. The van der Waals surface area contributed by atoms with Crippen LogP contribution in [0.1, 0.15) is 83.4 Å². The molecule has 1 fully saturated rings. The lowest BCUT2D eigenvalue weighted by atomic mass is 9.94. The molecule has 1 N–H and O–H groups in total. The largest absolute Gasteiger partial charge is 0.350 e. The highest BCUT2D eigenvalue weighted by atomic mass is 16.2. The highest BCUT2D eigenvalue weighted by Crippen LogP contribution is 2.31. The van der Waals surface area contributed by atoms with E-state index in [-0.39, 0.29) is 29.8 Å². The third kappa shape index (κ3) is 2.95. The number of hydrogen-bond acceptors (Lipinski definition) is 3. The summed E-state index contributed by atoms with van der Waals surface area (Å²) in [6, 6.07) is 4.89. The molecule has 1 aliphatic heterocycles. The number of fused-ring (bicyclic) bond motifs is 1. The maximum atomic E-state index is 12.7. The average Bonchev–Trinajstić information content (AvgIpc) is 2.86. The summed E-state index contributed by atoms with van der Waals surface area (Å²) in [6.45, 7) is 3.93. The van der Waals surface area contributed by atoms with E-state index < -0.39 is 0 Å². The van der Waals surface area contributed by atoms with Gasteiger partial charge in [0.25, 0.3) is 17.7 Å². The molecule has 2 aliphatic rings. The van der Waals surface area contributed by atoms with E-state index in [9.17, 15) is 14.4 Å². The van der Waals surface area contributed by atoms with Gasteiger partial charge in [0.05, 0.1) is 11.1 Å². The predicted molar refractivity (Wildman–Crippen MR) is 91.0 cm³/mol. The third-order valence-electron chi connectivity index (χ3n) is 5.11. The fourth-order valence-electron chi connectivity index (χ4n) is 3.48. The first-order chi connectivity index (χ1) is 11.5. The van der Waals surface area contributed by atoms with E-state index in [0.717, 1.165) is 32.1 Å². The Balaban J connectivity index is 1.84. The Labute approximate surface area is 142 Å². The molecule has 1 aromatic carbocycles. The van der Waals surface area contributed by atoms with Crippen LogP contribution in [-0.4, -0.2) is 34.7 Å². The van der Waals surface area contributed by atoms with E-state index in [4.69, 9.17) is 0 Å². The van der Waals surface area contributed by atoms with Gasteiger partial charge < -0.3 is 5.32 Å². The van der Waals surface area contributed by atoms with Gasteiger partial charge >= 0.3 is 0 Å². The molecule has 3 rings (SSSR count). The standard InChI is InChI=1S/C19H24N2O3/c1-3-12(2)20-17(22)13-9-10-15-16(11-13)19(24)21(18(15)23)14-7-5-4-6-8-14/h9-12,14H,3-8H2,1-2H3,(H,20,22). The van der Waals surface area contributed by atoms with E-state index >= 15 is 0 Å². The molecule has 0 aromatic heterocycles. The van der Waals surface area contributed by atoms with Gasteiger partial charge in [0, 0.05) is 17.6 Å². The number of nitrogens with zero attached hydrogens (tertiary/aromatic N) is 1. The molecule has 1 heterocycles. The summed E-state index contributed by atoms with van der Waals surface area (Å²) in [4.78, 5) is 39.0. The monoisotopic (exact) mass is 328 g/mol. The fraction of sp³-hybridized carbons (Fsp3) is 0.526. The Kier molecular flexibility index (Phi) is 4.69. The van der Waals surface area contributed by atoms with E-state index in [1.807, 2.05) is 13.8 Å². The average molecular weight is 328 g/mol. The summed E-state index contributed by atoms with van der Waals surface area (Å²) in [5.41, 5.74) is 1.22. The second-order valence-electron chi connectivity index (χ2n) is 6.82. The summed E-state index contributed by atoms with van der Waals surface area (Å²) < 4.78 is 0. The normalized spacial score (nSPS) is 19.3. The first kappa shape index (κ1) is 16.7. The van der Waals surface area contributed by atoms with Gasteiger partial charge in [-0.15, -0.1) is 0 Å². The summed E-state index contributed by atoms with van der Waals surface area (Å²) in [5.74, 6) is -0.667. The molecule has 3 amide bonds. The Morgan fingerprint density at radius 3 is 2.50 bits per heavy atom. The van der Waals surface area contributed by atoms with Crippen molar-refractivity contribution in [3.8, 4) is 0 Å². The van der Waals surface area contributed by atoms with E-state index in [0.29, 0.717) is 16.7 Å². The lowest BCUT2D eigenvalue weighted by Gasteiger charge is -2.29. The summed E-state index contributed by atoms with van der Waals surface area (Å²) >= 11 is 0. The quantitative estimate of drug-likeness (QED) is 0.864. The number of nitrogens with one attached hydrogen (secondary N) is 1. The number of rotatable bonds is 4. The van der Waals surface area contributed by atoms with Gasteiger partial charge in [0.2, 0.25) is 0 Å². The number of imide groups is 1. The van der Waals surface area contributed by atoms with Crippen LogP contribution < -0.4 is 5.32 Å². The van der Waals surface area contributed by atoms with Crippen LogP contribution in [0, 0.1) is 0 Å². The number of benzene rings is 1. The number of carbonyl (C=O) groups is 3. The molecule has 0 radical (unpaired) electrons. The predicted octanol–water partition coefficient (Wildman–Crippen LogP) is 3.14. The third-order valence-corrected chi connectivity index (χ3v) is 5.11. The summed E-state index contributed by atoms with van der Waals surface area (Å²) in [7, 11) is 0. The zero-order valence-electron chi connectivity index (χ0n) is 14.3. The molecule has 1 aromatic rings. The molecule has 128 valence electrons. The maximum Gasteiger partial charge on any atom is 0.261 e. The van der Waals surface area contributed by atoms with Crippen LogP contribution in [-0.2, 0) is 0 Å². The molecule has 1 atom stereocenters. The van der Waals surface area contributed by atoms with Crippen LogP contribution in [0.5, 0.6) is 0 Å². The summed E-state index contributed by atoms with van der Waals surface area (Å²) in [5, 5.41) is 2.89. The van der Waals surface area contributed by atoms with Crippen LogP contribution in [0.15, 0.2) is 18.2 Å². The minimum Gasteiger partial charge on any atom is -0.350 e. The van der Waals surface area contributed by atoms with Crippen LogP contribution in [0.25, 0.3) is 0 Å². The molecule has 24 heavy (non-hydrogen) atoms. The van der Waals surface area contributed by atoms with Gasteiger partial charge in [-0.25, -0.2) is 0 Å². The van der Waals surface area contributed by atoms with Gasteiger partial charge in [0.15, 0.2) is 0 Å². The molecular weight excluding hydrogens is 304 g/mol. The van der Waals surface area contributed by atoms with Crippen LogP contribution in [0.4, 0.5) is 0 Å². The van der Waals surface area contributed by atoms with Gasteiger partial charge in [0.1, 0.15) is 0 Å². The zero-order valence-corrected chi connectivity index (χ0v) is 14.3. The van der Waals surface area contributed by atoms with Crippen LogP contribution in [0.3, 0.4) is 0 Å². The minimum atomic E-state index is -0.250. The second kappa shape index (κ2) is 6.75. The van der Waals surface area contributed by atoms with Crippen molar-refractivity contribution in [1.29, 1.82) is 0 Å². The molecule has 1 aliphatic carbocycles. The van der Waals surface area contributed by atoms with Crippen LogP contribution >= 0.6 is 0 Å². The first-order valence-electron chi connectivity index (χ1n) is 8.85. The second-order valence-corrected chi connectivity index (χ2v) is 6.82. The maximum absolute atomic E-state index is 12.7. The van der Waals surface area contributed by atoms with E-state index in [1.54, 1.807) is 18.2 Å². The van der Waals surface area contributed by atoms with Crippen molar-refractivity contribution in [3.05, 3.63) is 34.9 Å². The Morgan fingerprint density at radius 2 is 1.83 bits per heavy atom. The van der Waals surface area contributed by atoms with Crippen molar-refractivity contribution in [2.24, 2.45) is 0 Å². The van der Waals surface area contributed by atoms with Gasteiger partial charge in [-0.1, -0.05) is 26.2 Å². The number of carbonyl (C=O) groups excluding carboxylic acids is 3. The van der Waals surface area contributed by atoms with E-state index in [1.165, 1.54) is 11.3 Å². The smallest absolute Gasteiger partial charge is 0.261 e. The highest BCUT2D eigenvalue weighted by Gasteiger charge is 2.40. The van der Waals surface area contributed by atoms with Crippen molar-refractivity contribution < 1.29 is 14.4 Å². The number of amides is 3. The van der Waals surface area contributed by atoms with Gasteiger partial charge in [-0.05, 0) is 44.4 Å². The lowest BCUT2D eigenvalue weighted by Crippen LogP contribution is -2.40. The highest BCUT2D eigenvalue weighted by molar-refractivity contribution is 6.22. The Hall–Kier alpha value is -2.17. The lowest BCUT2D eigenvalue weighted by molar-refractivity contribution is 0.0549. The summed E-state index contributed by atoms with van der Waals surface area (Å²) in [6.07, 6.45) is 5.88. The molecule has 1 unspecified atom stereocenters. The van der Waals surface area contributed by atoms with Crippen molar-refractivity contribution in [3.63, 3.8) is 0 Å². The minimum absolute atomic E-state index is 0.00328.